The number of rotatable bonds is 1. The Bertz CT molecular complexity index is 336. The van der Waals surface area contributed by atoms with Crippen LogP contribution < -0.4 is 5.32 Å². The Morgan fingerprint density at radius 1 is 1.58 bits per heavy atom. The van der Waals surface area contributed by atoms with Crippen LogP contribution in [0.4, 0.5) is 11.4 Å². The van der Waals surface area contributed by atoms with Gasteiger partial charge in [-0.15, -0.1) is 0 Å². The first-order chi connectivity index (χ1) is 5.79. The molecule has 0 fully saturated rings. The van der Waals surface area contributed by atoms with Crippen LogP contribution in [-0.4, -0.2) is 11.5 Å². The van der Waals surface area contributed by atoms with E-state index in [1.54, 1.807) is 6.07 Å². The quantitative estimate of drug-likeness (QED) is 0.502. The molecule has 2 rings (SSSR count). The van der Waals surface area contributed by atoms with Crippen molar-refractivity contribution in [2.24, 2.45) is 0 Å². The molecule has 1 aromatic rings. The Morgan fingerprint density at radius 3 is 3.17 bits per heavy atom. The highest BCUT2D eigenvalue weighted by Gasteiger charge is 2.21. The number of nitro benzene ring substituents is 1. The third kappa shape index (κ3) is 0.922. The van der Waals surface area contributed by atoms with Crippen molar-refractivity contribution in [2.45, 2.75) is 0 Å². The molecule has 0 unspecified atom stereocenters. The summed E-state index contributed by atoms with van der Waals surface area (Å²) in [7, 11) is 0. The van der Waals surface area contributed by atoms with Gasteiger partial charge in [0, 0.05) is 24.7 Å². The van der Waals surface area contributed by atoms with Crippen molar-refractivity contribution in [3.8, 4) is 0 Å². The van der Waals surface area contributed by atoms with Crippen LogP contribution in [0.1, 0.15) is 5.56 Å². The molecular weight excluding hydrogens is 156 g/mol. The van der Waals surface area contributed by atoms with Gasteiger partial charge in [0.2, 0.25) is 0 Å². The van der Waals surface area contributed by atoms with Crippen molar-refractivity contribution < 1.29 is 4.92 Å². The van der Waals surface area contributed by atoms with Gasteiger partial charge in [-0.05, 0) is 6.07 Å². The van der Waals surface area contributed by atoms with E-state index in [2.05, 4.69) is 11.7 Å². The Balaban J connectivity index is 2.56. The highest BCUT2D eigenvalue weighted by molar-refractivity contribution is 5.67. The van der Waals surface area contributed by atoms with Gasteiger partial charge in [-0.1, -0.05) is 6.07 Å². The fraction of sp³-hybridized carbons (Fsp3) is 0.125. The molecule has 4 heteroatoms. The molecule has 2 radical (unpaired) electrons. The van der Waals surface area contributed by atoms with Crippen LogP contribution in [0.2, 0.25) is 0 Å². The number of nitro groups is 1. The summed E-state index contributed by atoms with van der Waals surface area (Å²) in [4.78, 5) is 10.1. The van der Waals surface area contributed by atoms with E-state index in [1.165, 1.54) is 6.07 Å². The minimum Gasteiger partial charge on any atom is -0.384 e. The van der Waals surface area contributed by atoms with Gasteiger partial charge in [-0.3, -0.25) is 10.1 Å². The van der Waals surface area contributed by atoms with Crippen LogP contribution in [0.25, 0.3) is 0 Å². The van der Waals surface area contributed by atoms with E-state index in [0.717, 1.165) is 5.69 Å². The molecule has 0 spiro atoms. The summed E-state index contributed by atoms with van der Waals surface area (Å²) in [5.41, 5.74) is 1.50. The van der Waals surface area contributed by atoms with Crippen molar-refractivity contribution in [1.29, 1.82) is 0 Å². The minimum atomic E-state index is -0.390. The number of anilines is 1. The smallest absolute Gasteiger partial charge is 0.275 e. The first-order valence-corrected chi connectivity index (χ1v) is 3.54. The minimum absolute atomic E-state index is 0.123. The lowest BCUT2D eigenvalue weighted by molar-refractivity contribution is -0.385. The zero-order valence-electron chi connectivity index (χ0n) is 6.20. The molecule has 1 heterocycles. The van der Waals surface area contributed by atoms with E-state index in [4.69, 9.17) is 0 Å². The Morgan fingerprint density at radius 2 is 2.42 bits per heavy atom. The second kappa shape index (κ2) is 2.48. The summed E-state index contributed by atoms with van der Waals surface area (Å²) in [5, 5.41) is 13.5. The van der Waals surface area contributed by atoms with E-state index in [0.29, 0.717) is 12.1 Å². The summed E-state index contributed by atoms with van der Waals surface area (Å²) in [6, 6.07) is 4.96. The van der Waals surface area contributed by atoms with E-state index < -0.39 is 4.92 Å². The first kappa shape index (κ1) is 7.09. The van der Waals surface area contributed by atoms with Gasteiger partial charge in [0.05, 0.1) is 10.5 Å². The zero-order valence-corrected chi connectivity index (χ0v) is 6.20. The molecule has 0 saturated heterocycles. The molecule has 60 valence electrons. The maximum Gasteiger partial charge on any atom is 0.275 e. The number of hydrogen-bond donors (Lipinski definition) is 1. The third-order valence-electron chi connectivity index (χ3n) is 1.78. The molecular formula is C8H6N2O2. The molecule has 4 nitrogen and oxygen atoms in total. The van der Waals surface area contributed by atoms with Crippen molar-refractivity contribution >= 4 is 11.4 Å². The SMILES string of the molecule is O=[N+]([O-])c1cccc2c1[C]CN2. The number of nitrogens with one attached hydrogen (secondary N) is 1. The summed E-state index contributed by atoms with van der Waals surface area (Å²) in [6.07, 6.45) is 2.90. The molecule has 0 atom stereocenters. The van der Waals surface area contributed by atoms with E-state index >= 15 is 0 Å². The van der Waals surface area contributed by atoms with Crippen molar-refractivity contribution in [3.63, 3.8) is 0 Å². The molecule has 0 bridgehead atoms. The number of nitrogens with zero attached hydrogens (tertiary/aromatic N) is 1. The molecule has 0 aromatic heterocycles. The van der Waals surface area contributed by atoms with Crippen LogP contribution in [-0.2, 0) is 0 Å². The van der Waals surface area contributed by atoms with Gasteiger partial charge in [-0.25, -0.2) is 0 Å². The highest BCUT2D eigenvalue weighted by Crippen LogP contribution is 2.31. The molecule has 1 aliphatic heterocycles. The van der Waals surface area contributed by atoms with Crippen LogP contribution >= 0.6 is 0 Å². The lowest BCUT2D eigenvalue weighted by Crippen LogP contribution is -1.91. The average molecular weight is 162 g/mol. The van der Waals surface area contributed by atoms with Gasteiger partial charge < -0.3 is 5.32 Å². The van der Waals surface area contributed by atoms with E-state index in [1.807, 2.05) is 6.07 Å². The van der Waals surface area contributed by atoms with Gasteiger partial charge in [0.15, 0.2) is 0 Å². The molecule has 0 aliphatic carbocycles. The molecule has 1 aromatic carbocycles. The van der Waals surface area contributed by atoms with Crippen LogP contribution in [0.15, 0.2) is 18.2 Å². The summed E-state index contributed by atoms with van der Waals surface area (Å²) in [5.74, 6) is 0. The maximum atomic E-state index is 10.5. The topological polar surface area (TPSA) is 55.2 Å². The summed E-state index contributed by atoms with van der Waals surface area (Å²) in [6.45, 7) is 0.556. The molecule has 1 aliphatic rings. The molecule has 0 saturated carbocycles. The first-order valence-electron chi connectivity index (χ1n) is 3.54. The normalized spacial score (nSPS) is 13.7. The van der Waals surface area contributed by atoms with Gasteiger partial charge in [0.25, 0.3) is 5.69 Å². The van der Waals surface area contributed by atoms with Gasteiger partial charge >= 0.3 is 0 Å². The number of fused-ring (bicyclic) bond motifs is 1. The second-order valence-corrected chi connectivity index (χ2v) is 2.49. The molecule has 12 heavy (non-hydrogen) atoms. The monoisotopic (exact) mass is 162 g/mol. The van der Waals surface area contributed by atoms with Crippen molar-refractivity contribution in [3.05, 3.63) is 40.3 Å². The lowest BCUT2D eigenvalue weighted by Gasteiger charge is -1.98. The van der Waals surface area contributed by atoms with E-state index in [9.17, 15) is 10.1 Å². The van der Waals surface area contributed by atoms with Crippen LogP contribution in [0.3, 0.4) is 0 Å². The Kier molecular flexibility index (Phi) is 1.46. The summed E-state index contributed by atoms with van der Waals surface area (Å²) >= 11 is 0. The van der Waals surface area contributed by atoms with Crippen molar-refractivity contribution in [1.82, 2.24) is 0 Å². The van der Waals surface area contributed by atoms with E-state index in [-0.39, 0.29) is 5.69 Å². The predicted molar refractivity (Wildman–Crippen MR) is 43.9 cm³/mol. The largest absolute Gasteiger partial charge is 0.384 e. The summed E-state index contributed by atoms with van der Waals surface area (Å²) < 4.78 is 0. The molecule has 0 amide bonds. The lowest BCUT2D eigenvalue weighted by atomic mass is 10.1. The van der Waals surface area contributed by atoms with Gasteiger partial charge in [-0.2, -0.15) is 0 Å². The predicted octanol–water partition coefficient (Wildman–Crippen LogP) is 1.45. The fourth-order valence-electron chi connectivity index (χ4n) is 1.25. The Labute approximate surface area is 69.4 Å². The zero-order chi connectivity index (χ0) is 8.55. The highest BCUT2D eigenvalue weighted by atomic mass is 16.6. The molecule has 1 N–H and O–H groups in total. The van der Waals surface area contributed by atoms with Crippen LogP contribution in [0, 0.1) is 16.5 Å². The van der Waals surface area contributed by atoms with Gasteiger partial charge in [0.1, 0.15) is 0 Å². The third-order valence-corrected chi connectivity index (χ3v) is 1.78. The second-order valence-electron chi connectivity index (χ2n) is 2.49. The average Bonchev–Trinajstić information content (AvgIpc) is 2.49. The standard InChI is InChI=1S/C8H6N2O2/c11-10(12)8-3-1-2-7-6(8)4-5-9-7/h1-3,9H,5H2. The maximum absolute atomic E-state index is 10.5. The Hall–Kier alpha value is -1.58. The van der Waals surface area contributed by atoms with Crippen molar-refractivity contribution in [2.75, 3.05) is 11.9 Å². The fourth-order valence-corrected chi connectivity index (χ4v) is 1.25. The number of benzene rings is 1. The van der Waals surface area contributed by atoms with Crippen LogP contribution in [0.5, 0.6) is 0 Å². The number of hydrogen-bond acceptors (Lipinski definition) is 3.